The van der Waals surface area contributed by atoms with Crippen molar-refractivity contribution in [2.45, 2.75) is 191 Å². The highest BCUT2D eigenvalue weighted by molar-refractivity contribution is 5.74. The summed E-state index contributed by atoms with van der Waals surface area (Å²) in [6.45, 7) is 10.4. The van der Waals surface area contributed by atoms with E-state index in [-0.39, 0.29) is 54.0 Å². The average Bonchev–Trinajstić information content (AvgIpc) is 4.20. The van der Waals surface area contributed by atoms with Crippen LogP contribution in [0.15, 0.2) is 110 Å². The Bertz CT molecular complexity index is 2420. The molecule has 3 amide bonds. The molecule has 3 heterocycles. The molecule has 6 N–H and O–H groups in total. The van der Waals surface area contributed by atoms with Gasteiger partial charge in [-0.25, -0.2) is 14.0 Å². The second-order valence-corrected chi connectivity index (χ2v) is 21.1. The molecule has 3 fully saturated rings. The van der Waals surface area contributed by atoms with Gasteiger partial charge in [-0.2, -0.15) is 0 Å². The Morgan fingerprint density at radius 2 is 0.640 bits per heavy atom. The second kappa shape index (κ2) is 25.7. The molecule has 3 aliphatic rings. The minimum Gasteiger partial charge on any atom is -0.383 e. The van der Waals surface area contributed by atoms with Crippen molar-refractivity contribution >= 4 is 17.7 Å². The van der Waals surface area contributed by atoms with Crippen molar-refractivity contribution < 1.29 is 29.7 Å². The quantitative estimate of drug-likeness (QED) is 0.0582. The van der Waals surface area contributed by atoms with E-state index >= 15 is 0 Å². The number of rotatable bonds is 15. The maximum absolute atomic E-state index is 11.5. The minimum absolute atomic E-state index is 0.0836. The molecule has 3 aromatic carbocycles. The molecule has 0 spiro atoms. The summed E-state index contributed by atoms with van der Waals surface area (Å²) >= 11 is 0. The van der Waals surface area contributed by atoms with Crippen LogP contribution in [0.25, 0.3) is 0 Å². The number of benzene rings is 3. The lowest BCUT2D eigenvalue weighted by molar-refractivity contribution is -0.120. The van der Waals surface area contributed by atoms with Gasteiger partial charge in [-0.1, -0.05) is 164 Å². The van der Waals surface area contributed by atoms with E-state index in [0.717, 1.165) is 113 Å². The van der Waals surface area contributed by atoms with Gasteiger partial charge in [0.2, 0.25) is 17.7 Å². The van der Waals surface area contributed by atoms with Gasteiger partial charge in [-0.15, -0.1) is 15.3 Å². The van der Waals surface area contributed by atoms with Crippen LogP contribution < -0.4 is 16.0 Å². The van der Waals surface area contributed by atoms with E-state index in [1.807, 2.05) is 130 Å². The zero-order valence-electron chi connectivity index (χ0n) is 44.6. The Morgan fingerprint density at radius 3 is 0.853 bits per heavy atom. The predicted molar refractivity (Wildman–Crippen MR) is 285 cm³/mol. The normalized spacial score (nSPS) is 19.2. The summed E-state index contributed by atoms with van der Waals surface area (Å²) in [5, 5.41) is 67.3. The SMILES string of the molecule is CC(=O)N[C@H](C)[C@H](c1ccccc1)n1cc(C2(O)CCCCC2)nn1.CC(=O)N[C@H](C)[C@H](c1ccccc1)n1cc(C2(O)CCCCC2)nn1.CC(=O)N[C@H](C)[C@H](c1ccccc1)n1cc(C2(O)CCCCC2)nn1. The van der Waals surface area contributed by atoms with Crippen molar-refractivity contribution in [1.29, 1.82) is 0 Å². The van der Waals surface area contributed by atoms with Gasteiger partial charge in [-0.05, 0) is 76.0 Å². The van der Waals surface area contributed by atoms with Crippen molar-refractivity contribution in [2.75, 3.05) is 0 Å². The number of amides is 3. The number of aromatic nitrogens is 9. The molecule has 18 nitrogen and oxygen atoms in total. The molecule has 6 aromatic rings. The molecule has 3 saturated carbocycles. The molecule has 0 unspecified atom stereocenters. The van der Waals surface area contributed by atoms with Crippen LogP contribution in [-0.4, -0.2) is 96.1 Å². The first-order valence-electron chi connectivity index (χ1n) is 26.9. The summed E-state index contributed by atoms with van der Waals surface area (Å²) in [6.07, 6.45) is 19.4. The molecular formula is C57H78N12O6. The molecule has 3 aromatic heterocycles. The van der Waals surface area contributed by atoms with Crippen LogP contribution in [0.4, 0.5) is 0 Å². The van der Waals surface area contributed by atoms with Gasteiger partial charge in [-0.3, -0.25) is 14.4 Å². The molecule has 18 heteroatoms. The monoisotopic (exact) mass is 1030 g/mol. The third-order valence-corrected chi connectivity index (χ3v) is 15.0. The lowest BCUT2D eigenvalue weighted by Crippen LogP contribution is -2.38. The Hall–Kier alpha value is -6.63. The molecule has 402 valence electrons. The van der Waals surface area contributed by atoms with Crippen molar-refractivity contribution in [2.24, 2.45) is 0 Å². The number of carbonyl (C=O) groups excluding carboxylic acids is 3. The summed E-state index contributed by atoms with van der Waals surface area (Å²) in [6, 6.07) is 28.7. The standard InChI is InChI=1S/3C19H26N4O2/c3*1-14(20-15(2)24)18(16-9-5-3-6-10-16)23-13-17(21-22-23)19(25)11-7-4-8-12-19/h3*3,5-6,9-10,13-14,18,25H,4,7-8,11-12H2,1-2H3,(H,20,24)/t3*14-,18-/m111/s1. The largest absolute Gasteiger partial charge is 0.383 e. The molecule has 6 atom stereocenters. The predicted octanol–water partition coefficient (Wildman–Crippen LogP) is 7.63. The van der Waals surface area contributed by atoms with Crippen LogP contribution in [0.1, 0.15) is 190 Å². The van der Waals surface area contributed by atoms with E-state index < -0.39 is 16.8 Å². The third-order valence-electron chi connectivity index (χ3n) is 15.0. The van der Waals surface area contributed by atoms with Gasteiger partial charge >= 0.3 is 0 Å². The van der Waals surface area contributed by atoms with Crippen molar-refractivity contribution in [3.05, 3.63) is 143 Å². The molecule has 0 saturated heterocycles. The topological polar surface area (TPSA) is 240 Å². The Labute approximate surface area is 441 Å². The van der Waals surface area contributed by atoms with Crippen LogP contribution in [0.3, 0.4) is 0 Å². The summed E-state index contributed by atoms with van der Waals surface area (Å²) in [7, 11) is 0. The van der Waals surface area contributed by atoms with E-state index in [2.05, 4.69) is 46.9 Å². The average molecular weight is 1030 g/mol. The smallest absolute Gasteiger partial charge is 0.217 e. The van der Waals surface area contributed by atoms with Gasteiger partial charge in [0.15, 0.2) is 0 Å². The molecule has 3 aliphatic carbocycles. The Morgan fingerprint density at radius 1 is 0.413 bits per heavy atom. The summed E-state index contributed by atoms with van der Waals surface area (Å²) in [4.78, 5) is 34.6. The number of carbonyl (C=O) groups is 3. The maximum atomic E-state index is 11.5. The zero-order chi connectivity index (χ0) is 53.6. The molecule has 0 aliphatic heterocycles. The highest BCUT2D eigenvalue weighted by Gasteiger charge is 2.38. The van der Waals surface area contributed by atoms with Crippen LogP contribution in [0.2, 0.25) is 0 Å². The van der Waals surface area contributed by atoms with Crippen molar-refractivity contribution in [3.8, 4) is 0 Å². The lowest BCUT2D eigenvalue weighted by Gasteiger charge is -2.30. The number of nitrogens with one attached hydrogen (secondary N) is 3. The van der Waals surface area contributed by atoms with Gasteiger partial charge in [0.05, 0.1) is 54.8 Å². The molecule has 0 radical (unpaired) electrons. The number of aliphatic hydroxyl groups is 3. The highest BCUT2D eigenvalue weighted by Crippen LogP contribution is 2.39. The fourth-order valence-electron chi connectivity index (χ4n) is 11.2. The van der Waals surface area contributed by atoms with Crippen LogP contribution in [0.5, 0.6) is 0 Å². The van der Waals surface area contributed by atoms with Gasteiger partial charge < -0.3 is 31.3 Å². The zero-order valence-corrected chi connectivity index (χ0v) is 44.6. The highest BCUT2D eigenvalue weighted by atomic mass is 16.3. The summed E-state index contributed by atoms with van der Waals surface area (Å²) in [5.74, 6) is -0.251. The van der Waals surface area contributed by atoms with E-state index in [1.54, 1.807) is 14.0 Å². The van der Waals surface area contributed by atoms with E-state index in [1.165, 1.54) is 20.8 Å². The van der Waals surface area contributed by atoms with E-state index in [9.17, 15) is 29.7 Å². The molecule has 0 bridgehead atoms. The Kier molecular flexibility index (Phi) is 19.3. The summed E-state index contributed by atoms with van der Waals surface area (Å²) in [5.41, 5.74) is 2.36. The van der Waals surface area contributed by atoms with Gasteiger partial charge in [0, 0.05) is 20.8 Å². The first kappa shape index (κ1) is 56.1. The summed E-state index contributed by atoms with van der Waals surface area (Å²) < 4.78 is 5.29. The fourth-order valence-corrected chi connectivity index (χ4v) is 11.2. The first-order chi connectivity index (χ1) is 36.0. The van der Waals surface area contributed by atoms with Crippen LogP contribution in [0, 0.1) is 0 Å². The number of hydrogen-bond donors (Lipinski definition) is 6. The molecular weight excluding hydrogens is 949 g/mol. The van der Waals surface area contributed by atoms with E-state index in [4.69, 9.17) is 0 Å². The van der Waals surface area contributed by atoms with Gasteiger partial charge in [0.25, 0.3) is 0 Å². The lowest BCUT2D eigenvalue weighted by atomic mass is 9.83. The first-order valence-corrected chi connectivity index (χ1v) is 26.9. The second-order valence-electron chi connectivity index (χ2n) is 21.1. The number of hydrogen-bond acceptors (Lipinski definition) is 12. The fraction of sp³-hybridized carbons (Fsp3) is 0.526. The minimum atomic E-state index is -0.880. The molecule has 75 heavy (non-hydrogen) atoms. The third kappa shape index (κ3) is 14.6. The number of nitrogens with zero attached hydrogens (tertiary/aromatic N) is 9. The van der Waals surface area contributed by atoms with Crippen LogP contribution in [-0.2, 0) is 31.2 Å². The van der Waals surface area contributed by atoms with Crippen molar-refractivity contribution in [1.82, 2.24) is 60.9 Å². The van der Waals surface area contributed by atoms with Crippen LogP contribution >= 0.6 is 0 Å². The maximum Gasteiger partial charge on any atom is 0.217 e. The van der Waals surface area contributed by atoms with Gasteiger partial charge in [0.1, 0.15) is 33.9 Å². The van der Waals surface area contributed by atoms with E-state index in [0.29, 0.717) is 17.1 Å². The molecule has 9 rings (SSSR count). The Balaban J connectivity index is 0.000000164. The van der Waals surface area contributed by atoms with Crippen molar-refractivity contribution in [3.63, 3.8) is 0 Å².